The van der Waals surface area contributed by atoms with Crippen molar-refractivity contribution < 1.29 is 77.2 Å². The van der Waals surface area contributed by atoms with E-state index in [1.54, 1.807) is 12.1 Å². The van der Waals surface area contributed by atoms with Crippen LogP contribution in [0.25, 0.3) is 54.7 Å². The highest BCUT2D eigenvalue weighted by atomic mass is 127. The summed E-state index contributed by atoms with van der Waals surface area (Å²) in [6.07, 6.45) is 0. The summed E-state index contributed by atoms with van der Waals surface area (Å²) < 4.78 is 4.53. The van der Waals surface area contributed by atoms with E-state index in [0.29, 0.717) is 24.0 Å². The first-order valence-electron chi connectivity index (χ1n) is 16.1. The van der Waals surface area contributed by atoms with Crippen LogP contribution in [0.15, 0.2) is 146 Å². The van der Waals surface area contributed by atoms with E-state index in [0.717, 1.165) is 65.9 Å². The average molecular weight is 880 g/mol. The summed E-state index contributed by atoms with van der Waals surface area (Å²) in [6.45, 7) is 0.920. The van der Waals surface area contributed by atoms with E-state index in [1.807, 2.05) is 60.7 Å². The van der Waals surface area contributed by atoms with Crippen molar-refractivity contribution >= 4 is 68.8 Å². The third-order valence-electron chi connectivity index (χ3n) is 9.43. The van der Waals surface area contributed by atoms with Gasteiger partial charge in [-0.25, -0.2) is 0 Å². The van der Waals surface area contributed by atoms with Crippen LogP contribution in [-0.2, 0) is 13.1 Å². The number of hydrogen-bond acceptors (Lipinski definition) is 4. The second kappa shape index (κ2) is 15.1. The zero-order valence-corrected chi connectivity index (χ0v) is 31.2. The summed E-state index contributed by atoms with van der Waals surface area (Å²) in [4.78, 5) is 0. The van der Waals surface area contributed by atoms with Crippen LogP contribution < -0.4 is 68.0 Å². The Labute approximate surface area is 324 Å². The fourth-order valence-corrected chi connectivity index (χ4v) is 7.31. The maximum atomic E-state index is 10.2. The molecule has 0 amide bonds. The van der Waals surface area contributed by atoms with Gasteiger partial charge in [0.05, 0.1) is 21.5 Å². The quantitative estimate of drug-likeness (QED) is 0.0648. The van der Waals surface area contributed by atoms with Crippen molar-refractivity contribution in [3.05, 3.63) is 157 Å². The Kier molecular flexibility index (Phi) is 10.9. The molecular weight excluding hydrogens is 848 g/mol. The second-order valence-corrected chi connectivity index (χ2v) is 12.1. The summed E-state index contributed by atoms with van der Waals surface area (Å²) >= 11 is 0. The number of pyridine rings is 2. The smallest absolute Gasteiger partial charge is 0.488 e. The fraction of sp³-hybridized carbons (Fsp3) is 0.0500. The molecule has 0 spiro atoms. The summed E-state index contributed by atoms with van der Waals surface area (Å²) in [6, 6.07) is 48.6. The van der Waals surface area contributed by atoms with Crippen molar-refractivity contribution in [3.8, 4) is 11.1 Å². The minimum atomic E-state index is -1.57. The van der Waals surface area contributed by atoms with Crippen LogP contribution in [0.1, 0.15) is 11.1 Å². The summed E-state index contributed by atoms with van der Waals surface area (Å²) in [7, 11) is -3.14. The highest BCUT2D eigenvalue weighted by molar-refractivity contribution is 6.59. The van der Waals surface area contributed by atoms with E-state index in [4.69, 9.17) is 0 Å². The van der Waals surface area contributed by atoms with Crippen molar-refractivity contribution in [2.24, 2.45) is 0 Å². The van der Waals surface area contributed by atoms with Crippen molar-refractivity contribution in [3.63, 3.8) is 0 Å². The van der Waals surface area contributed by atoms with Crippen molar-refractivity contribution in [1.29, 1.82) is 0 Å². The zero-order valence-electron chi connectivity index (χ0n) is 26.9. The Hall–Kier alpha value is -3.91. The van der Waals surface area contributed by atoms with Gasteiger partial charge in [0.1, 0.15) is 0 Å². The maximum absolute atomic E-state index is 10.2. The average Bonchev–Trinajstić information content (AvgIpc) is 3.12. The zero-order chi connectivity index (χ0) is 32.8. The van der Waals surface area contributed by atoms with E-state index < -0.39 is 14.2 Å². The first-order valence-corrected chi connectivity index (χ1v) is 16.1. The van der Waals surface area contributed by atoms with Crippen LogP contribution in [0.5, 0.6) is 0 Å². The molecular formula is C40H32B2I2N2O4. The molecule has 8 rings (SSSR count). The monoisotopic (exact) mass is 880 g/mol. The number of aromatic nitrogens is 2. The van der Waals surface area contributed by atoms with Gasteiger partial charge in [-0.3, -0.25) is 0 Å². The van der Waals surface area contributed by atoms with Gasteiger partial charge in [0.25, 0.3) is 0 Å². The normalized spacial score (nSPS) is 11.0. The van der Waals surface area contributed by atoms with E-state index >= 15 is 0 Å². The third-order valence-corrected chi connectivity index (χ3v) is 9.43. The molecule has 4 N–H and O–H groups in total. The van der Waals surface area contributed by atoms with Crippen molar-refractivity contribution in [2.45, 2.75) is 13.1 Å². The lowest BCUT2D eigenvalue weighted by molar-refractivity contribution is -0.636. The Morgan fingerprint density at radius 2 is 0.620 bits per heavy atom. The van der Waals surface area contributed by atoms with Gasteiger partial charge in [0.15, 0.2) is 13.1 Å². The second-order valence-electron chi connectivity index (χ2n) is 12.1. The summed E-state index contributed by atoms with van der Waals surface area (Å²) in [5.41, 5.74) is 9.03. The highest BCUT2D eigenvalue weighted by Gasteiger charge is 2.29. The Morgan fingerprint density at radius 1 is 0.360 bits per heavy atom. The number of benzene rings is 6. The highest BCUT2D eigenvalue weighted by Crippen LogP contribution is 2.41. The summed E-state index contributed by atoms with van der Waals surface area (Å²) in [5, 5.41) is 45.1. The molecule has 0 unspecified atom stereocenters. The SMILES string of the molecule is OB(O)c1ccccc1C[n+]1c2ccccc2c(-c2c3ccccc3[n+](Cc3ccccc3B(O)O)c3ccccc23)c2ccccc21.[I-].[I-]. The number of fused-ring (bicyclic) bond motifs is 4. The molecule has 0 saturated heterocycles. The van der Waals surface area contributed by atoms with Gasteiger partial charge in [-0.2, -0.15) is 9.13 Å². The number of hydrogen-bond donors (Lipinski definition) is 4. The van der Waals surface area contributed by atoms with Crippen molar-refractivity contribution in [2.75, 3.05) is 0 Å². The molecule has 50 heavy (non-hydrogen) atoms. The van der Waals surface area contributed by atoms with Crippen molar-refractivity contribution in [1.82, 2.24) is 0 Å². The van der Waals surface area contributed by atoms with E-state index in [1.165, 1.54) is 0 Å². The molecule has 0 aliphatic carbocycles. The molecule has 2 heterocycles. The van der Waals surface area contributed by atoms with Gasteiger partial charge in [0, 0.05) is 46.5 Å². The molecule has 0 radical (unpaired) electrons. The molecule has 0 aliphatic rings. The van der Waals surface area contributed by atoms with Gasteiger partial charge < -0.3 is 68.0 Å². The standard InChI is InChI=1S/C40H32B2N2O4.2HI/c45-41(46)33-19-7-1-13-27(33)25-43-35-21-9-3-15-29(35)39(30-16-4-10-22-36(30)43)40-31-17-5-11-23-37(31)44(38-24-12-6-18-32(38)40)26-28-14-2-8-20-34(28)42(47)48;;/h1-24,45-48H,25-26H2;2*1H/q+2;;/p-2. The number of nitrogens with zero attached hydrogens (tertiary/aromatic N) is 2. The molecule has 2 aromatic heterocycles. The molecule has 0 aliphatic heterocycles. The molecule has 0 bridgehead atoms. The predicted octanol–water partition coefficient (Wildman–Crippen LogP) is -1.99. The minimum absolute atomic E-state index is 0. The first-order chi connectivity index (χ1) is 23.5. The molecule has 246 valence electrons. The molecule has 6 aromatic carbocycles. The number of rotatable bonds is 7. The fourth-order valence-electron chi connectivity index (χ4n) is 7.31. The van der Waals surface area contributed by atoms with Crippen LogP contribution in [0.2, 0.25) is 0 Å². The lowest BCUT2D eigenvalue weighted by Gasteiger charge is -2.17. The topological polar surface area (TPSA) is 88.7 Å². The molecule has 0 saturated carbocycles. The molecule has 6 nitrogen and oxygen atoms in total. The maximum Gasteiger partial charge on any atom is 0.488 e. The van der Waals surface area contributed by atoms with Crippen LogP contribution in [0.3, 0.4) is 0 Å². The van der Waals surface area contributed by atoms with Crippen LogP contribution >= 0.6 is 0 Å². The van der Waals surface area contributed by atoms with Crippen LogP contribution in [0, 0.1) is 0 Å². The predicted molar refractivity (Wildman–Crippen MR) is 193 cm³/mol. The summed E-state index contributed by atoms with van der Waals surface area (Å²) in [5.74, 6) is 0. The lowest BCUT2D eigenvalue weighted by Crippen LogP contribution is -3.00. The van der Waals surface area contributed by atoms with E-state index in [2.05, 4.69) is 81.9 Å². The van der Waals surface area contributed by atoms with Gasteiger partial charge >= 0.3 is 14.2 Å². The minimum Gasteiger partial charge on any atom is -1.00 e. The molecule has 0 fully saturated rings. The van der Waals surface area contributed by atoms with E-state index in [9.17, 15) is 20.1 Å². The largest absolute Gasteiger partial charge is 1.00 e. The van der Waals surface area contributed by atoms with Gasteiger partial charge in [-0.05, 0) is 35.2 Å². The number of halogens is 2. The van der Waals surface area contributed by atoms with Crippen LogP contribution in [0.4, 0.5) is 0 Å². The third kappa shape index (κ3) is 6.29. The van der Waals surface area contributed by atoms with Gasteiger partial charge in [-0.1, -0.05) is 97.1 Å². The number of para-hydroxylation sites is 4. The molecule has 0 atom stereocenters. The Balaban J connectivity index is 0.00000216. The lowest BCUT2D eigenvalue weighted by atomic mass is 9.77. The molecule has 8 aromatic rings. The van der Waals surface area contributed by atoms with Gasteiger partial charge in [-0.15, -0.1) is 0 Å². The Morgan fingerprint density at radius 3 is 0.920 bits per heavy atom. The Bertz CT molecular complexity index is 2220. The van der Waals surface area contributed by atoms with E-state index in [-0.39, 0.29) is 48.0 Å². The first kappa shape index (κ1) is 35.9. The molecule has 10 heteroatoms. The van der Waals surface area contributed by atoms with Crippen LogP contribution in [-0.4, -0.2) is 34.3 Å². The van der Waals surface area contributed by atoms with Gasteiger partial charge in [0.2, 0.25) is 22.1 Å².